The molecule has 10 nitrogen and oxygen atoms in total. The Morgan fingerprint density at radius 2 is 2.00 bits per heavy atom. The van der Waals surface area contributed by atoms with E-state index in [1.165, 1.54) is 7.11 Å². The molecule has 2 aromatic carbocycles. The Kier molecular flexibility index (Phi) is 7.64. The molecule has 0 unspecified atom stereocenters. The number of hydrogen-bond acceptors (Lipinski definition) is 7. The van der Waals surface area contributed by atoms with Gasteiger partial charge in [-0.15, -0.1) is 0 Å². The molecule has 11 heteroatoms. The summed E-state index contributed by atoms with van der Waals surface area (Å²) in [4.78, 5) is 33.5. The van der Waals surface area contributed by atoms with E-state index >= 15 is 0 Å². The molecule has 38 heavy (non-hydrogen) atoms. The summed E-state index contributed by atoms with van der Waals surface area (Å²) in [6.45, 7) is 1.50. The molecule has 2 amide bonds. The Hall–Kier alpha value is -4.25. The number of carbonyl (C=O) groups is 2. The Balaban J connectivity index is 1.28. The van der Waals surface area contributed by atoms with Gasteiger partial charge in [0, 0.05) is 24.8 Å². The molecule has 3 heterocycles. The monoisotopic (exact) mass is 576 g/mol. The highest BCUT2D eigenvalue weighted by atomic mass is 79.9. The van der Waals surface area contributed by atoms with Crippen molar-refractivity contribution >= 4 is 27.7 Å². The van der Waals surface area contributed by atoms with Crippen LogP contribution in [0.2, 0.25) is 0 Å². The van der Waals surface area contributed by atoms with Crippen molar-refractivity contribution in [3.05, 3.63) is 76.5 Å². The van der Waals surface area contributed by atoms with Crippen LogP contribution < -0.4 is 20.1 Å². The van der Waals surface area contributed by atoms with Crippen molar-refractivity contribution in [1.29, 1.82) is 0 Å². The van der Waals surface area contributed by atoms with Gasteiger partial charge in [0.1, 0.15) is 11.4 Å². The second kappa shape index (κ2) is 11.4. The van der Waals surface area contributed by atoms with Crippen LogP contribution in [0.5, 0.6) is 11.5 Å². The maximum Gasteiger partial charge on any atom is 0.269 e. The number of aromatic nitrogens is 4. The molecule has 1 aliphatic rings. The second-order valence-electron chi connectivity index (χ2n) is 8.52. The molecule has 0 radical (unpaired) electrons. The quantitative estimate of drug-likeness (QED) is 0.314. The van der Waals surface area contributed by atoms with Crippen LogP contribution in [-0.2, 0) is 17.8 Å². The van der Waals surface area contributed by atoms with Gasteiger partial charge in [0.25, 0.3) is 11.8 Å². The summed E-state index contributed by atoms with van der Waals surface area (Å²) >= 11 is 3.53. The van der Waals surface area contributed by atoms with Crippen LogP contribution in [0.25, 0.3) is 22.8 Å². The molecule has 4 aromatic rings. The number of fused-ring (bicyclic) bond motifs is 1. The zero-order valence-electron chi connectivity index (χ0n) is 20.6. The molecule has 0 atom stereocenters. The molecule has 5 rings (SSSR count). The number of hydrogen-bond donors (Lipinski definition) is 2. The summed E-state index contributed by atoms with van der Waals surface area (Å²) in [5.74, 6) is 0.889. The van der Waals surface area contributed by atoms with E-state index in [1.54, 1.807) is 35.1 Å². The summed E-state index contributed by atoms with van der Waals surface area (Å²) in [7, 11) is 1.52. The minimum Gasteiger partial charge on any atom is -0.493 e. The van der Waals surface area contributed by atoms with E-state index in [9.17, 15) is 9.59 Å². The van der Waals surface area contributed by atoms with Gasteiger partial charge in [0.2, 0.25) is 0 Å². The lowest BCUT2D eigenvalue weighted by Crippen LogP contribution is -2.35. The summed E-state index contributed by atoms with van der Waals surface area (Å²) in [5, 5.41) is 10.2. The standard InChI is InChI=1S/C27H25BrN6O4/c1-37-23-14-18(13-19(28)25(23)38-16-24(35)29-9-7-17-5-3-2-4-6-17)26-30-10-8-20(32-26)21-15-22-27(36)31-11-12-34(22)33-21/h2-6,8,10,13-15H,7,9,11-12,16H2,1H3,(H,29,35)(H,31,36). The number of carbonyl (C=O) groups excluding carboxylic acids is 2. The zero-order valence-corrected chi connectivity index (χ0v) is 22.2. The third kappa shape index (κ3) is 5.67. The molecule has 194 valence electrons. The summed E-state index contributed by atoms with van der Waals surface area (Å²) < 4.78 is 13.6. The third-order valence-corrected chi connectivity index (χ3v) is 6.54. The molecular weight excluding hydrogens is 552 g/mol. The minimum absolute atomic E-state index is 0.154. The van der Waals surface area contributed by atoms with Gasteiger partial charge in [0.05, 0.1) is 23.8 Å². The van der Waals surface area contributed by atoms with E-state index in [4.69, 9.17) is 9.47 Å². The molecule has 0 fully saturated rings. The van der Waals surface area contributed by atoms with Gasteiger partial charge in [-0.25, -0.2) is 9.97 Å². The van der Waals surface area contributed by atoms with Crippen molar-refractivity contribution in [1.82, 2.24) is 30.4 Å². The Bertz CT molecular complexity index is 1470. The van der Waals surface area contributed by atoms with Gasteiger partial charge >= 0.3 is 0 Å². The van der Waals surface area contributed by atoms with Crippen LogP contribution >= 0.6 is 15.9 Å². The van der Waals surface area contributed by atoms with Crippen molar-refractivity contribution in [3.63, 3.8) is 0 Å². The van der Waals surface area contributed by atoms with Gasteiger partial charge in [-0.2, -0.15) is 5.10 Å². The highest BCUT2D eigenvalue weighted by molar-refractivity contribution is 9.10. The number of halogens is 1. The van der Waals surface area contributed by atoms with Crippen molar-refractivity contribution in [2.24, 2.45) is 0 Å². The van der Waals surface area contributed by atoms with E-state index in [0.29, 0.717) is 64.1 Å². The number of ether oxygens (including phenoxy) is 2. The van der Waals surface area contributed by atoms with Crippen LogP contribution in [0.1, 0.15) is 16.1 Å². The smallest absolute Gasteiger partial charge is 0.269 e. The Labute approximate surface area is 227 Å². The van der Waals surface area contributed by atoms with Crippen LogP contribution in [0.15, 0.2) is 65.3 Å². The number of methoxy groups -OCH3 is 1. The van der Waals surface area contributed by atoms with E-state index < -0.39 is 0 Å². The first-order valence-corrected chi connectivity index (χ1v) is 12.8. The zero-order chi connectivity index (χ0) is 26.5. The van der Waals surface area contributed by atoms with Gasteiger partial charge in [-0.3, -0.25) is 14.3 Å². The third-order valence-electron chi connectivity index (χ3n) is 5.95. The first-order valence-electron chi connectivity index (χ1n) is 12.0. The maximum atomic E-state index is 12.3. The molecule has 0 aliphatic carbocycles. The topological polar surface area (TPSA) is 120 Å². The van der Waals surface area contributed by atoms with Crippen LogP contribution in [0, 0.1) is 0 Å². The van der Waals surface area contributed by atoms with E-state index in [0.717, 1.165) is 12.0 Å². The number of amides is 2. The Morgan fingerprint density at radius 3 is 2.79 bits per heavy atom. The lowest BCUT2D eigenvalue weighted by atomic mass is 10.1. The van der Waals surface area contributed by atoms with Gasteiger partial charge in [-0.1, -0.05) is 30.3 Å². The highest BCUT2D eigenvalue weighted by Crippen LogP contribution is 2.39. The fourth-order valence-electron chi connectivity index (χ4n) is 4.07. The van der Waals surface area contributed by atoms with E-state index in [1.807, 2.05) is 30.3 Å². The second-order valence-corrected chi connectivity index (χ2v) is 9.38. The SMILES string of the molecule is COc1cc(-c2nccc(-c3cc4n(n3)CCNC4=O)n2)cc(Br)c1OCC(=O)NCCc1ccccc1. The number of nitrogens with one attached hydrogen (secondary N) is 2. The lowest BCUT2D eigenvalue weighted by Gasteiger charge is -2.14. The van der Waals surface area contributed by atoms with Crippen LogP contribution in [0.4, 0.5) is 0 Å². The average molecular weight is 577 g/mol. The van der Waals surface area contributed by atoms with Gasteiger partial charge in [-0.05, 0) is 52.2 Å². The molecule has 2 N–H and O–H groups in total. The van der Waals surface area contributed by atoms with Crippen LogP contribution in [0.3, 0.4) is 0 Å². The minimum atomic E-state index is -0.230. The highest BCUT2D eigenvalue weighted by Gasteiger charge is 2.21. The van der Waals surface area contributed by atoms with Crippen molar-refractivity contribution in [2.75, 3.05) is 26.8 Å². The summed E-state index contributed by atoms with van der Waals surface area (Å²) in [5.41, 5.74) is 3.51. The molecule has 0 saturated carbocycles. The number of benzene rings is 2. The molecule has 0 spiro atoms. The van der Waals surface area contributed by atoms with Crippen molar-refractivity contribution < 1.29 is 19.1 Å². The molecular formula is C27H25BrN6O4. The first-order chi connectivity index (χ1) is 18.5. The first kappa shape index (κ1) is 25.4. The molecule has 0 bridgehead atoms. The molecule has 2 aromatic heterocycles. The van der Waals surface area contributed by atoms with Crippen LogP contribution in [-0.4, -0.2) is 58.4 Å². The maximum absolute atomic E-state index is 12.3. The fourth-order valence-corrected chi connectivity index (χ4v) is 4.63. The van der Waals surface area contributed by atoms with Gasteiger partial charge < -0.3 is 20.1 Å². The van der Waals surface area contributed by atoms with Crippen molar-refractivity contribution in [3.8, 4) is 34.3 Å². The largest absolute Gasteiger partial charge is 0.493 e. The van der Waals surface area contributed by atoms with E-state index in [-0.39, 0.29) is 18.4 Å². The molecule has 1 aliphatic heterocycles. The number of rotatable bonds is 9. The molecule has 0 saturated heterocycles. The lowest BCUT2D eigenvalue weighted by molar-refractivity contribution is -0.123. The predicted octanol–water partition coefficient (Wildman–Crippen LogP) is 3.26. The average Bonchev–Trinajstić information content (AvgIpc) is 3.39. The number of nitrogens with zero attached hydrogens (tertiary/aromatic N) is 4. The van der Waals surface area contributed by atoms with E-state index in [2.05, 4.69) is 41.6 Å². The summed E-state index contributed by atoms with van der Waals surface area (Å²) in [6, 6.07) is 17.0. The predicted molar refractivity (Wildman–Crippen MR) is 144 cm³/mol. The Morgan fingerprint density at radius 1 is 1.16 bits per heavy atom. The summed E-state index contributed by atoms with van der Waals surface area (Å²) in [6.07, 6.45) is 2.38. The fraction of sp³-hybridized carbons (Fsp3) is 0.222. The van der Waals surface area contributed by atoms with Crippen molar-refractivity contribution in [2.45, 2.75) is 13.0 Å². The van der Waals surface area contributed by atoms with Gasteiger partial charge in [0.15, 0.2) is 23.9 Å². The normalized spacial score (nSPS) is 12.4.